The predicted molar refractivity (Wildman–Crippen MR) is 85.7 cm³/mol. The van der Waals surface area contributed by atoms with E-state index in [-0.39, 0.29) is 12.1 Å². The van der Waals surface area contributed by atoms with Gasteiger partial charge in [-0.25, -0.2) is 4.79 Å². The molecule has 2 atom stereocenters. The molecule has 0 saturated carbocycles. The second-order valence-corrected chi connectivity index (χ2v) is 7.15. The second kappa shape index (κ2) is 6.73. The second-order valence-electron chi connectivity index (χ2n) is 7.15. The van der Waals surface area contributed by atoms with Crippen molar-refractivity contribution in [1.82, 2.24) is 10.2 Å². The van der Waals surface area contributed by atoms with Crippen molar-refractivity contribution < 1.29 is 13.9 Å². The molecule has 1 saturated heterocycles. The molecule has 2 unspecified atom stereocenters. The highest BCUT2D eigenvalue weighted by Crippen LogP contribution is 2.21. The maximum absolute atomic E-state index is 12.2. The highest BCUT2D eigenvalue weighted by atomic mass is 16.6. The highest BCUT2D eigenvalue weighted by molar-refractivity contribution is 5.68. The Hall–Kier alpha value is -1.49. The van der Waals surface area contributed by atoms with Crippen LogP contribution in [0, 0.1) is 6.92 Å². The molecule has 124 valence electrons. The molecule has 5 heteroatoms. The number of nitrogens with zero attached hydrogens (tertiary/aromatic N) is 1. The van der Waals surface area contributed by atoms with Crippen molar-refractivity contribution in [3.8, 4) is 0 Å². The van der Waals surface area contributed by atoms with Gasteiger partial charge in [-0.3, -0.25) is 0 Å². The zero-order chi connectivity index (χ0) is 16.3. The Kier molecular flexibility index (Phi) is 5.16. The summed E-state index contributed by atoms with van der Waals surface area (Å²) in [6, 6.07) is 2.56. The van der Waals surface area contributed by atoms with E-state index in [1.165, 1.54) is 5.56 Å². The average molecular weight is 308 g/mol. The summed E-state index contributed by atoms with van der Waals surface area (Å²) in [5.74, 6) is 0.988. The Labute approximate surface area is 133 Å². The topological polar surface area (TPSA) is 54.7 Å². The zero-order valence-electron chi connectivity index (χ0n) is 14.3. The molecule has 2 heterocycles. The Morgan fingerprint density at radius 1 is 1.50 bits per heavy atom. The van der Waals surface area contributed by atoms with Crippen LogP contribution >= 0.6 is 0 Å². The summed E-state index contributed by atoms with van der Waals surface area (Å²) in [6.45, 7) is 11.3. The van der Waals surface area contributed by atoms with Crippen LogP contribution in [0.2, 0.25) is 0 Å². The minimum atomic E-state index is -0.442. The number of amides is 1. The number of carbonyl (C=O) groups is 1. The smallest absolute Gasteiger partial charge is 0.410 e. The lowest BCUT2D eigenvalue weighted by atomic mass is 9.98. The fourth-order valence-corrected chi connectivity index (χ4v) is 2.77. The molecule has 1 amide bonds. The quantitative estimate of drug-likeness (QED) is 0.929. The number of carbonyl (C=O) groups excluding carboxylic acids is 1. The van der Waals surface area contributed by atoms with Crippen molar-refractivity contribution >= 4 is 6.09 Å². The van der Waals surface area contributed by atoms with Crippen molar-refractivity contribution in [2.24, 2.45) is 0 Å². The first-order valence-corrected chi connectivity index (χ1v) is 8.02. The van der Waals surface area contributed by atoms with Gasteiger partial charge in [0.25, 0.3) is 0 Å². The summed E-state index contributed by atoms with van der Waals surface area (Å²) >= 11 is 0. The van der Waals surface area contributed by atoms with Gasteiger partial charge in [0.05, 0.1) is 12.8 Å². The molecule has 1 aliphatic rings. The summed E-state index contributed by atoms with van der Waals surface area (Å²) in [6.07, 6.45) is 3.38. The molecule has 1 fully saturated rings. The molecule has 5 nitrogen and oxygen atoms in total. The van der Waals surface area contributed by atoms with Crippen molar-refractivity contribution in [3.63, 3.8) is 0 Å². The third kappa shape index (κ3) is 4.50. The van der Waals surface area contributed by atoms with E-state index in [2.05, 4.69) is 12.2 Å². The van der Waals surface area contributed by atoms with E-state index in [1.54, 1.807) is 6.26 Å². The van der Waals surface area contributed by atoms with E-state index in [0.29, 0.717) is 6.04 Å². The van der Waals surface area contributed by atoms with Gasteiger partial charge in [0, 0.05) is 18.6 Å². The summed E-state index contributed by atoms with van der Waals surface area (Å²) in [4.78, 5) is 14.0. The normalized spacial score (nSPS) is 22.7. The molecule has 0 bridgehead atoms. The maximum atomic E-state index is 12.2. The van der Waals surface area contributed by atoms with Gasteiger partial charge in [0.2, 0.25) is 0 Å². The van der Waals surface area contributed by atoms with Gasteiger partial charge in [-0.05, 0) is 59.1 Å². The van der Waals surface area contributed by atoms with Crippen LogP contribution in [0.1, 0.15) is 51.9 Å². The number of piperidine rings is 1. The minimum absolute atomic E-state index is 0.179. The van der Waals surface area contributed by atoms with Crippen LogP contribution < -0.4 is 5.32 Å². The van der Waals surface area contributed by atoms with Gasteiger partial charge < -0.3 is 19.4 Å². The number of likely N-dealkylation sites (tertiary alicyclic amines) is 1. The molecule has 0 aliphatic carbocycles. The molecule has 1 N–H and O–H groups in total. The lowest BCUT2D eigenvalue weighted by Crippen LogP contribution is -2.50. The minimum Gasteiger partial charge on any atom is -0.468 e. The van der Waals surface area contributed by atoms with Gasteiger partial charge in [0.15, 0.2) is 0 Å². The molecule has 0 radical (unpaired) electrons. The Balaban J connectivity index is 1.82. The van der Waals surface area contributed by atoms with Crippen molar-refractivity contribution in [1.29, 1.82) is 0 Å². The van der Waals surface area contributed by atoms with Gasteiger partial charge >= 0.3 is 6.09 Å². The molecular formula is C17H28N2O3. The summed E-state index contributed by atoms with van der Waals surface area (Å²) < 4.78 is 10.9. The number of aryl methyl sites for hydroxylation is 1. The van der Waals surface area contributed by atoms with Gasteiger partial charge in [0.1, 0.15) is 11.4 Å². The van der Waals surface area contributed by atoms with Crippen LogP contribution in [0.5, 0.6) is 0 Å². The first-order valence-electron chi connectivity index (χ1n) is 8.02. The SMILES string of the molecule is Cc1ccoc1CNC1CCN(C(=O)OC(C)(C)C)C(C)C1. The summed E-state index contributed by atoms with van der Waals surface area (Å²) in [5, 5.41) is 3.53. The predicted octanol–water partition coefficient (Wildman–Crippen LogP) is 3.47. The molecule has 0 aromatic carbocycles. The molecule has 0 spiro atoms. The van der Waals surface area contributed by atoms with Crippen molar-refractivity contribution in [2.75, 3.05) is 6.54 Å². The van der Waals surface area contributed by atoms with Crippen LogP contribution in [-0.4, -0.2) is 35.2 Å². The molecule has 1 aromatic rings. The van der Waals surface area contributed by atoms with Gasteiger partial charge in [-0.2, -0.15) is 0 Å². The molecule has 1 aromatic heterocycles. The number of ether oxygens (including phenoxy) is 1. The van der Waals surface area contributed by atoms with Gasteiger partial charge in [-0.1, -0.05) is 0 Å². The lowest BCUT2D eigenvalue weighted by molar-refractivity contribution is 0.00926. The fraction of sp³-hybridized carbons (Fsp3) is 0.706. The number of nitrogens with one attached hydrogen (secondary N) is 1. The lowest BCUT2D eigenvalue weighted by Gasteiger charge is -2.38. The first-order chi connectivity index (χ1) is 10.3. The van der Waals surface area contributed by atoms with Crippen molar-refractivity contribution in [2.45, 2.75) is 71.7 Å². The highest BCUT2D eigenvalue weighted by Gasteiger charge is 2.31. The van der Waals surface area contributed by atoms with Crippen LogP contribution in [0.25, 0.3) is 0 Å². The van der Waals surface area contributed by atoms with Crippen molar-refractivity contribution in [3.05, 3.63) is 23.7 Å². The average Bonchev–Trinajstić information content (AvgIpc) is 2.80. The molecular weight excluding hydrogens is 280 g/mol. The fourth-order valence-electron chi connectivity index (χ4n) is 2.77. The molecule has 22 heavy (non-hydrogen) atoms. The van der Waals surface area contributed by atoms with Crippen LogP contribution in [0.15, 0.2) is 16.7 Å². The maximum Gasteiger partial charge on any atom is 0.410 e. The van der Waals surface area contributed by atoms with E-state index in [0.717, 1.165) is 31.7 Å². The van der Waals surface area contributed by atoms with Crippen LogP contribution in [0.3, 0.4) is 0 Å². The third-order valence-corrected chi connectivity index (χ3v) is 4.02. The van der Waals surface area contributed by atoms with Gasteiger partial charge in [-0.15, -0.1) is 0 Å². The standard InChI is InChI=1S/C17H28N2O3/c1-12-7-9-21-15(12)11-18-14-6-8-19(13(2)10-14)16(20)22-17(3,4)5/h7,9,13-14,18H,6,8,10-11H2,1-5H3. The largest absolute Gasteiger partial charge is 0.468 e. The van der Waals surface area contributed by atoms with E-state index >= 15 is 0 Å². The number of furan rings is 1. The van der Waals surface area contributed by atoms with E-state index in [4.69, 9.17) is 9.15 Å². The Morgan fingerprint density at radius 3 is 2.77 bits per heavy atom. The monoisotopic (exact) mass is 308 g/mol. The summed E-state index contributed by atoms with van der Waals surface area (Å²) in [7, 11) is 0. The van der Waals surface area contributed by atoms with E-state index < -0.39 is 5.60 Å². The Bertz CT molecular complexity index is 504. The Morgan fingerprint density at radius 2 is 2.23 bits per heavy atom. The van der Waals surface area contributed by atoms with E-state index in [1.807, 2.05) is 38.7 Å². The number of rotatable bonds is 3. The molecule has 2 rings (SSSR count). The molecule has 1 aliphatic heterocycles. The third-order valence-electron chi connectivity index (χ3n) is 4.02. The first kappa shape index (κ1) is 16.9. The number of hydrogen-bond donors (Lipinski definition) is 1. The van der Waals surface area contributed by atoms with Crippen LogP contribution in [0.4, 0.5) is 4.79 Å². The van der Waals surface area contributed by atoms with Crippen LogP contribution in [-0.2, 0) is 11.3 Å². The zero-order valence-corrected chi connectivity index (χ0v) is 14.3. The number of hydrogen-bond acceptors (Lipinski definition) is 4. The van der Waals surface area contributed by atoms with E-state index in [9.17, 15) is 4.79 Å². The summed E-state index contributed by atoms with van der Waals surface area (Å²) in [5.41, 5.74) is 0.731.